The van der Waals surface area contributed by atoms with E-state index in [2.05, 4.69) is 0 Å². The summed E-state index contributed by atoms with van der Waals surface area (Å²) in [5, 5.41) is 9.57. The smallest absolute Gasteiger partial charge is 0.336 e. The van der Waals surface area contributed by atoms with E-state index in [1.165, 1.54) is 20.1 Å². The zero-order chi connectivity index (χ0) is 17.7. The lowest BCUT2D eigenvalue weighted by Crippen LogP contribution is -2.14. The van der Waals surface area contributed by atoms with E-state index in [1.54, 1.807) is 25.3 Å². The summed E-state index contributed by atoms with van der Waals surface area (Å²) in [6.45, 7) is 1.48. The van der Waals surface area contributed by atoms with Crippen molar-refractivity contribution in [2.75, 3.05) is 14.2 Å². The number of carboxylic acids is 1. The Hall–Kier alpha value is -2.82. The molecule has 1 unspecified atom stereocenters. The number of methoxy groups -OCH3 is 2. The predicted octanol–water partition coefficient (Wildman–Crippen LogP) is 3.51. The number of carbonyl (C=O) groups is 2. The normalized spacial score (nSPS) is 11.6. The molecule has 0 saturated carbocycles. The van der Waals surface area contributed by atoms with Crippen molar-refractivity contribution in [2.45, 2.75) is 19.3 Å². The largest absolute Gasteiger partial charge is 0.496 e. The molecule has 0 aromatic heterocycles. The van der Waals surface area contributed by atoms with E-state index in [1.807, 2.05) is 18.2 Å². The summed E-state index contributed by atoms with van der Waals surface area (Å²) in [5.74, 6) is -0.542. The molecule has 5 nitrogen and oxygen atoms in total. The van der Waals surface area contributed by atoms with Gasteiger partial charge in [0.1, 0.15) is 17.3 Å². The average molecular weight is 328 g/mol. The second kappa shape index (κ2) is 7.64. The van der Waals surface area contributed by atoms with Gasteiger partial charge in [-0.25, -0.2) is 4.79 Å². The van der Waals surface area contributed by atoms with Crippen LogP contribution in [0.15, 0.2) is 42.5 Å². The second-order valence-electron chi connectivity index (χ2n) is 5.43. The molecule has 2 rings (SSSR count). The summed E-state index contributed by atoms with van der Waals surface area (Å²) in [7, 11) is 3.03. The number of hydrogen-bond acceptors (Lipinski definition) is 4. The summed E-state index contributed by atoms with van der Waals surface area (Å²) < 4.78 is 10.8. The topological polar surface area (TPSA) is 72.8 Å². The van der Waals surface area contributed by atoms with Gasteiger partial charge in [-0.1, -0.05) is 24.3 Å². The van der Waals surface area contributed by atoms with Crippen LogP contribution < -0.4 is 9.47 Å². The van der Waals surface area contributed by atoms with Gasteiger partial charge >= 0.3 is 5.97 Å². The van der Waals surface area contributed by atoms with Gasteiger partial charge < -0.3 is 14.6 Å². The Kier molecular flexibility index (Phi) is 5.58. The number of carbonyl (C=O) groups excluding carboxylic acids is 1. The van der Waals surface area contributed by atoms with Gasteiger partial charge in [0.05, 0.1) is 19.8 Å². The molecular formula is C19H20O5. The molecule has 2 aromatic carbocycles. The van der Waals surface area contributed by atoms with E-state index in [-0.39, 0.29) is 17.8 Å². The lowest BCUT2D eigenvalue weighted by atomic mass is 9.83. The molecule has 126 valence electrons. The first-order valence-electron chi connectivity index (χ1n) is 7.52. The van der Waals surface area contributed by atoms with Crippen LogP contribution in [0.5, 0.6) is 11.5 Å². The standard InChI is InChI=1S/C19H20O5/c1-12(20)11-15(13-7-4-5-9-16(13)23-2)18-14(19(21)22)8-6-10-17(18)24-3/h4-10,15H,11H2,1-3H3,(H,21,22). The first-order chi connectivity index (χ1) is 11.5. The molecule has 1 N–H and O–H groups in total. The maximum atomic E-state index is 11.9. The average Bonchev–Trinajstić information content (AvgIpc) is 2.58. The minimum atomic E-state index is -1.06. The number of ether oxygens (including phenoxy) is 2. The Balaban J connectivity index is 2.74. The fourth-order valence-corrected chi connectivity index (χ4v) is 2.88. The maximum Gasteiger partial charge on any atom is 0.336 e. The maximum absolute atomic E-state index is 11.9. The van der Waals surface area contributed by atoms with Gasteiger partial charge in [0, 0.05) is 23.5 Å². The van der Waals surface area contributed by atoms with Gasteiger partial charge in [0.25, 0.3) is 0 Å². The van der Waals surface area contributed by atoms with Gasteiger partial charge in [-0.3, -0.25) is 4.79 Å². The van der Waals surface area contributed by atoms with Crippen molar-refractivity contribution < 1.29 is 24.2 Å². The summed E-state index contributed by atoms with van der Waals surface area (Å²) in [4.78, 5) is 23.5. The number of carboxylic acid groups (broad SMARTS) is 1. The first-order valence-corrected chi connectivity index (χ1v) is 7.52. The van der Waals surface area contributed by atoms with E-state index < -0.39 is 11.9 Å². The van der Waals surface area contributed by atoms with Gasteiger partial charge in [0.2, 0.25) is 0 Å². The summed E-state index contributed by atoms with van der Waals surface area (Å²) >= 11 is 0. The van der Waals surface area contributed by atoms with Crippen LogP contribution in [0.3, 0.4) is 0 Å². The van der Waals surface area contributed by atoms with Gasteiger partial charge in [-0.05, 0) is 25.1 Å². The van der Waals surface area contributed by atoms with Crippen molar-refractivity contribution in [3.05, 3.63) is 59.2 Å². The lowest BCUT2D eigenvalue weighted by molar-refractivity contribution is -0.117. The highest BCUT2D eigenvalue weighted by molar-refractivity contribution is 5.91. The van der Waals surface area contributed by atoms with Crippen LogP contribution in [0.2, 0.25) is 0 Å². The SMILES string of the molecule is COc1ccccc1C(CC(C)=O)c1c(OC)cccc1C(=O)O. The highest BCUT2D eigenvalue weighted by atomic mass is 16.5. The number of para-hydroxylation sites is 1. The Morgan fingerprint density at radius 1 is 1.00 bits per heavy atom. The van der Waals surface area contributed by atoms with E-state index in [0.29, 0.717) is 17.1 Å². The Morgan fingerprint density at radius 3 is 2.21 bits per heavy atom. The predicted molar refractivity (Wildman–Crippen MR) is 90.1 cm³/mol. The molecule has 0 heterocycles. The molecule has 0 fully saturated rings. The Morgan fingerprint density at radius 2 is 1.62 bits per heavy atom. The van der Waals surface area contributed by atoms with E-state index in [9.17, 15) is 14.7 Å². The first kappa shape index (κ1) is 17.5. The van der Waals surface area contributed by atoms with Crippen molar-refractivity contribution >= 4 is 11.8 Å². The van der Waals surface area contributed by atoms with E-state index in [4.69, 9.17) is 9.47 Å². The molecule has 0 radical (unpaired) electrons. The Bertz CT molecular complexity index is 751. The molecular weight excluding hydrogens is 308 g/mol. The van der Waals surface area contributed by atoms with Gasteiger partial charge in [0.15, 0.2) is 0 Å². The minimum absolute atomic E-state index is 0.0480. The van der Waals surface area contributed by atoms with Gasteiger partial charge in [-0.2, -0.15) is 0 Å². The highest BCUT2D eigenvalue weighted by Crippen LogP contribution is 2.40. The second-order valence-corrected chi connectivity index (χ2v) is 5.43. The summed E-state index contributed by atoms with van der Waals surface area (Å²) in [5.41, 5.74) is 1.35. The molecule has 0 amide bonds. The van der Waals surface area contributed by atoms with Crippen LogP contribution in [0, 0.1) is 0 Å². The van der Waals surface area contributed by atoms with Crippen LogP contribution in [0.1, 0.15) is 40.7 Å². The van der Waals surface area contributed by atoms with Crippen molar-refractivity contribution in [1.82, 2.24) is 0 Å². The van der Waals surface area contributed by atoms with Crippen molar-refractivity contribution in [3.8, 4) is 11.5 Å². The number of benzene rings is 2. The monoisotopic (exact) mass is 328 g/mol. The molecule has 0 aliphatic rings. The molecule has 0 bridgehead atoms. The molecule has 0 spiro atoms. The molecule has 2 aromatic rings. The van der Waals surface area contributed by atoms with E-state index in [0.717, 1.165) is 5.56 Å². The number of rotatable bonds is 7. The van der Waals surface area contributed by atoms with Crippen LogP contribution in [-0.2, 0) is 4.79 Å². The summed E-state index contributed by atoms with van der Waals surface area (Å²) in [6, 6.07) is 12.1. The van der Waals surface area contributed by atoms with Crippen molar-refractivity contribution in [1.29, 1.82) is 0 Å². The number of aromatic carboxylic acids is 1. The number of Topliss-reactive ketones (excluding diaryl/α,β-unsaturated/α-hetero) is 1. The molecule has 5 heteroatoms. The van der Waals surface area contributed by atoms with Crippen LogP contribution in [0.4, 0.5) is 0 Å². The quantitative estimate of drug-likeness (QED) is 0.842. The van der Waals surface area contributed by atoms with Crippen LogP contribution in [0.25, 0.3) is 0 Å². The lowest BCUT2D eigenvalue weighted by Gasteiger charge is -2.23. The Labute approximate surface area is 140 Å². The number of ketones is 1. The van der Waals surface area contributed by atoms with Crippen LogP contribution in [-0.4, -0.2) is 31.1 Å². The molecule has 1 atom stereocenters. The third-order valence-electron chi connectivity index (χ3n) is 3.87. The zero-order valence-corrected chi connectivity index (χ0v) is 13.9. The number of hydrogen-bond donors (Lipinski definition) is 1. The van der Waals surface area contributed by atoms with Crippen molar-refractivity contribution in [2.24, 2.45) is 0 Å². The molecule has 24 heavy (non-hydrogen) atoms. The van der Waals surface area contributed by atoms with Crippen LogP contribution >= 0.6 is 0 Å². The van der Waals surface area contributed by atoms with E-state index >= 15 is 0 Å². The summed E-state index contributed by atoms with van der Waals surface area (Å²) in [6.07, 6.45) is 0.154. The third kappa shape index (κ3) is 3.56. The fourth-order valence-electron chi connectivity index (χ4n) is 2.88. The van der Waals surface area contributed by atoms with Gasteiger partial charge in [-0.15, -0.1) is 0 Å². The molecule has 0 aliphatic carbocycles. The molecule has 0 saturated heterocycles. The molecule has 0 aliphatic heterocycles. The van der Waals surface area contributed by atoms with Crippen molar-refractivity contribution in [3.63, 3.8) is 0 Å². The highest BCUT2D eigenvalue weighted by Gasteiger charge is 2.27. The minimum Gasteiger partial charge on any atom is -0.496 e. The third-order valence-corrected chi connectivity index (χ3v) is 3.87. The zero-order valence-electron chi connectivity index (χ0n) is 13.9. The fraction of sp³-hybridized carbons (Fsp3) is 0.263.